The van der Waals surface area contributed by atoms with E-state index in [1.54, 1.807) is 13.0 Å². The summed E-state index contributed by atoms with van der Waals surface area (Å²) < 4.78 is 5.62. The topological polar surface area (TPSA) is 82.3 Å². The van der Waals surface area contributed by atoms with Crippen molar-refractivity contribution < 1.29 is 20.2 Å². The third kappa shape index (κ3) is 2.89. The van der Waals surface area contributed by atoms with Crippen LogP contribution in [0, 0.1) is 0 Å². The smallest absolute Gasteiger partial charge is 0.136 e. The number of ether oxygens (including phenoxy) is 1. The van der Waals surface area contributed by atoms with E-state index in [-0.39, 0.29) is 13.2 Å². The lowest BCUT2D eigenvalue weighted by Crippen LogP contribution is -2.22. The van der Waals surface area contributed by atoms with Crippen molar-refractivity contribution in [3.05, 3.63) is 42.0 Å². The lowest BCUT2D eigenvalue weighted by Gasteiger charge is -2.15. The van der Waals surface area contributed by atoms with E-state index in [2.05, 4.69) is 5.16 Å². The van der Waals surface area contributed by atoms with Crippen LogP contribution in [0.15, 0.2) is 41.6 Å². The van der Waals surface area contributed by atoms with Crippen LogP contribution in [-0.4, -0.2) is 40.4 Å². The van der Waals surface area contributed by atoms with Crippen molar-refractivity contribution in [1.29, 1.82) is 0 Å². The Bertz CT molecular complexity index is 624. The van der Waals surface area contributed by atoms with Crippen molar-refractivity contribution >= 4 is 16.5 Å². The molecule has 5 heteroatoms. The molecule has 0 aliphatic carbocycles. The molecule has 2 aromatic rings. The first-order chi connectivity index (χ1) is 9.67. The Morgan fingerprint density at radius 1 is 1.25 bits per heavy atom. The monoisotopic (exact) mass is 275 g/mol. The van der Waals surface area contributed by atoms with Gasteiger partial charge < -0.3 is 20.2 Å². The predicted molar refractivity (Wildman–Crippen MR) is 76.5 cm³/mol. The average molecular weight is 275 g/mol. The van der Waals surface area contributed by atoms with Crippen LogP contribution in [0.25, 0.3) is 10.8 Å². The third-order valence-corrected chi connectivity index (χ3v) is 3.05. The molecule has 0 spiro atoms. The first-order valence-corrected chi connectivity index (χ1v) is 6.30. The molecule has 0 fully saturated rings. The number of benzene rings is 2. The van der Waals surface area contributed by atoms with Crippen molar-refractivity contribution in [1.82, 2.24) is 0 Å². The van der Waals surface area contributed by atoms with Crippen LogP contribution < -0.4 is 4.74 Å². The second-order valence-electron chi connectivity index (χ2n) is 4.50. The third-order valence-electron chi connectivity index (χ3n) is 3.05. The molecule has 0 aliphatic rings. The summed E-state index contributed by atoms with van der Waals surface area (Å²) >= 11 is 0. The number of oxime groups is 1. The van der Waals surface area contributed by atoms with E-state index in [0.717, 1.165) is 10.8 Å². The van der Waals surface area contributed by atoms with Crippen molar-refractivity contribution in [3.63, 3.8) is 0 Å². The molecule has 0 amide bonds. The maximum atomic E-state index is 9.42. The van der Waals surface area contributed by atoms with Gasteiger partial charge in [-0.1, -0.05) is 35.5 Å². The van der Waals surface area contributed by atoms with Gasteiger partial charge in [0.25, 0.3) is 0 Å². The van der Waals surface area contributed by atoms with Crippen LogP contribution in [0.3, 0.4) is 0 Å². The van der Waals surface area contributed by atoms with Crippen LogP contribution in [0.2, 0.25) is 0 Å². The zero-order valence-corrected chi connectivity index (χ0v) is 11.2. The highest BCUT2D eigenvalue weighted by Gasteiger charge is 2.13. The Morgan fingerprint density at radius 3 is 2.70 bits per heavy atom. The number of rotatable bonds is 5. The van der Waals surface area contributed by atoms with Gasteiger partial charge in [-0.05, 0) is 18.4 Å². The van der Waals surface area contributed by atoms with Gasteiger partial charge in [0.2, 0.25) is 0 Å². The number of fused-ring (bicyclic) bond motifs is 1. The predicted octanol–water partition coefficient (Wildman–Crippen LogP) is 1.77. The first kappa shape index (κ1) is 14.3. The van der Waals surface area contributed by atoms with E-state index in [4.69, 9.17) is 15.1 Å². The van der Waals surface area contributed by atoms with E-state index < -0.39 is 6.10 Å². The van der Waals surface area contributed by atoms with Crippen molar-refractivity contribution in [2.24, 2.45) is 5.16 Å². The van der Waals surface area contributed by atoms with Gasteiger partial charge in [0.05, 0.1) is 12.3 Å². The first-order valence-electron chi connectivity index (χ1n) is 6.30. The number of hydrogen-bond acceptors (Lipinski definition) is 5. The molecule has 0 bridgehead atoms. The van der Waals surface area contributed by atoms with Crippen LogP contribution in [0.1, 0.15) is 12.5 Å². The average Bonchev–Trinajstić information content (AvgIpc) is 2.51. The fourth-order valence-corrected chi connectivity index (χ4v) is 1.97. The van der Waals surface area contributed by atoms with Gasteiger partial charge in [-0.3, -0.25) is 0 Å². The van der Waals surface area contributed by atoms with Gasteiger partial charge in [-0.15, -0.1) is 0 Å². The molecule has 0 radical (unpaired) electrons. The highest BCUT2D eigenvalue weighted by atomic mass is 16.5. The van der Waals surface area contributed by atoms with Crippen molar-refractivity contribution in [2.75, 3.05) is 13.2 Å². The molecule has 3 N–H and O–H groups in total. The molecule has 2 rings (SSSR count). The molecule has 1 atom stereocenters. The maximum Gasteiger partial charge on any atom is 0.136 e. The fraction of sp³-hybridized carbons (Fsp3) is 0.267. The van der Waals surface area contributed by atoms with Crippen LogP contribution in [-0.2, 0) is 0 Å². The van der Waals surface area contributed by atoms with Gasteiger partial charge >= 0.3 is 0 Å². The van der Waals surface area contributed by atoms with Crippen LogP contribution in [0.4, 0.5) is 0 Å². The van der Waals surface area contributed by atoms with E-state index in [1.807, 2.05) is 30.3 Å². The van der Waals surface area contributed by atoms with Gasteiger partial charge in [-0.25, -0.2) is 0 Å². The molecule has 106 valence electrons. The lowest BCUT2D eigenvalue weighted by molar-refractivity contribution is 0.0540. The molecule has 1 unspecified atom stereocenters. The second-order valence-corrected chi connectivity index (χ2v) is 4.50. The van der Waals surface area contributed by atoms with Gasteiger partial charge in [0.1, 0.15) is 18.5 Å². The summed E-state index contributed by atoms with van der Waals surface area (Å²) in [5, 5.41) is 32.3. The molecule has 0 aromatic heterocycles. The SMILES string of the molecule is C/C(=N/O)c1ccc2ccccc2c1OCC(O)CO. The molecule has 20 heavy (non-hydrogen) atoms. The molecule has 2 aromatic carbocycles. The van der Waals surface area contributed by atoms with E-state index in [1.165, 1.54) is 0 Å². The molecule has 0 saturated carbocycles. The fourth-order valence-electron chi connectivity index (χ4n) is 1.97. The van der Waals surface area contributed by atoms with E-state index in [0.29, 0.717) is 17.0 Å². The summed E-state index contributed by atoms with van der Waals surface area (Å²) in [5.41, 5.74) is 1.07. The minimum absolute atomic E-state index is 0.0315. The molecule has 0 heterocycles. The number of aliphatic hydroxyl groups excluding tert-OH is 2. The molecule has 5 nitrogen and oxygen atoms in total. The zero-order valence-electron chi connectivity index (χ0n) is 11.2. The Labute approximate surface area is 116 Å². The summed E-state index contributed by atoms with van der Waals surface area (Å²) in [4.78, 5) is 0. The van der Waals surface area contributed by atoms with Gasteiger partial charge in [0.15, 0.2) is 0 Å². The Hall–Kier alpha value is -2.11. The molecular formula is C15H17NO4. The summed E-state index contributed by atoms with van der Waals surface area (Å²) in [6, 6.07) is 11.4. The maximum absolute atomic E-state index is 9.42. The lowest BCUT2D eigenvalue weighted by atomic mass is 10.0. The number of hydrogen-bond donors (Lipinski definition) is 3. The van der Waals surface area contributed by atoms with Crippen molar-refractivity contribution in [3.8, 4) is 5.75 Å². The van der Waals surface area contributed by atoms with Gasteiger partial charge in [0, 0.05) is 10.9 Å². The Morgan fingerprint density at radius 2 is 2.00 bits per heavy atom. The van der Waals surface area contributed by atoms with E-state index >= 15 is 0 Å². The largest absolute Gasteiger partial charge is 0.489 e. The Balaban J connectivity index is 2.50. The van der Waals surface area contributed by atoms with Crippen molar-refractivity contribution in [2.45, 2.75) is 13.0 Å². The minimum Gasteiger partial charge on any atom is -0.489 e. The van der Waals surface area contributed by atoms with Crippen LogP contribution in [0.5, 0.6) is 5.75 Å². The quantitative estimate of drug-likeness (QED) is 0.441. The standard InChI is InChI=1S/C15H17NO4/c1-10(16-19)13-7-6-11-4-2-3-5-14(11)15(13)20-9-12(18)8-17/h2-7,12,17-19H,8-9H2,1H3/b16-10-. The highest BCUT2D eigenvalue weighted by Crippen LogP contribution is 2.30. The van der Waals surface area contributed by atoms with Gasteiger partial charge in [-0.2, -0.15) is 0 Å². The summed E-state index contributed by atoms with van der Waals surface area (Å²) in [7, 11) is 0. The summed E-state index contributed by atoms with van der Waals surface area (Å²) in [6.45, 7) is 1.27. The molecular weight excluding hydrogens is 258 g/mol. The highest BCUT2D eigenvalue weighted by molar-refractivity contribution is 6.06. The number of aliphatic hydroxyl groups is 2. The number of nitrogens with zero attached hydrogens (tertiary/aromatic N) is 1. The molecule has 0 saturated heterocycles. The molecule has 0 aliphatic heterocycles. The Kier molecular flexibility index (Phi) is 4.55. The zero-order chi connectivity index (χ0) is 14.5. The normalized spacial score (nSPS) is 13.4. The van der Waals surface area contributed by atoms with E-state index in [9.17, 15) is 5.11 Å². The van der Waals surface area contributed by atoms with Crippen LogP contribution >= 0.6 is 0 Å². The minimum atomic E-state index is -0.951. The second kappa shape index (κ2) is 6.36. The summed E-state index contributed by atoms with van der Waals surface area (Å²) in [6.07, 6.45) is -0.951. The summed E-state index contributed by atoms with van der Waals surface area (Å²) in [5.74, 6) is 0.533.